The molecule has 0 amide bonds. The van der Waals surface area contributed by atoms with Crippen molar-refractivity contribution in [2.24, 2.45) is 22.7 Å². The zero-order valence-corrected chi connectivity index (χ0v) is 19.6. The van der Waals surface area contributed by atoms with Crippen LogP contribution < -0.4 is 10.2 Å². The molecule has 168 valence electrons. The van der Waals surface area contributed by atoms with Crippen LogP contribution >= 0.6 is 0 Å². The third-order valence-corrected chi connectivity index (χ3v) is 7.43. The number of benzene rings is 1. The lowest BCUT2D eigenvalue weighted by atomic mass is 9.77. The van der Waals surface area contributed by atoms with Crippen molar-refractivity contribution in [3.8, 4) is 6.07 Å². The lowest BCUT2D eigenvalue weighted by Crippen LogP contribution is -2.35. The van der Waals surface area contributed by atoms with Crippen LogP contribution in [0.3, 0.4) is 0 Å². The Balaban J connectivity index is 0.000000292. The second-order valence-electron chi connectivity index (χ2n) is 10.6. The third-order valence-electron chi connectivity index (χ3n) is 7.43. The monoisotopic (exact) mass is 430 g/mol. The van der Waals surface area contributed by atoms with Crippen molar-refractivity contribution in [3.63, 3.8) is 0 Å². The van der Waals surface area contributed by atoms with Gasteiger partial charge in [0, 0.05) is 36.1 Å². The largest absolute Gasteiger partial charge is 0.353 e. The molecule has 6 nitrogen and oxygen atoms in total. The van der Waals surface area contributed by atoms with Gasteiger partial charge in [-0.1, -0.05) is 39.0 Å². The number of anilines is 3. The molecule has 2 saturated carbocycles. The number of nitrogens with zero attached hydrogens (tertiary/aromatic N) is 4. The van der Waals surface area contributed by atoms with E-state index in [2.05, 4.69) is 53.9 Å². The second kappa shape index (κ2) is 8.54. The van der Waals surface area contributed by atoms with E-state index in [0.29, 0.717) is 28.7 Å². The van der Waals surface area contributed by atoms with Crippen LogP contribution in [-0.4, -0.2) is 28.8 Å². The fourth-order valence-corrected chi connectivity index (χ4v) is 5.11. The van der Waals surface area contributed by atoms with E-state index in [1.807, 2.05) is 30.3 Å². The topological polar surface area (TPSA) is 88.7 Å². The Labute approximate surface area is 191 Å². The number of aromatic nitrogens is 2. The normalized spacial score (nSPS) is 24.8. The summed E-state index contributed by atoms with van der Waals surface area (Å²) in [5.41, 5.74) is 2.62. The molecule has 3 aliphatic rings. The van der Waals surface area contributed by atoms with Crippen LogP contribution in [0.5, 0.6) is 0 Å². The molecule has 5 rings (SSSR count). The van der Waals surface area contributed by atoms with Crippen molar-refractivity contribution in [2.75, 3.05) is 16.8 Å². The highest BCUT2D eigenvalue weighted by Gasteiger charge is 2.63. The van der Waals surface area contributed by atoms with Gasteiger partial charge in [-0.2, -0.15) is 5.26 Å². The second-order valence-corrected chi connectivity index (χ2v) is 10.6. The Bertz CT molecular complexity index is 1010. The van der Waals surface area contributed by atoms with E-state index in [9.17, 15) is 0 Å². The van der Waals surface area contributed by atoms with Gasteiger partial charge in [-0.15, -0.1) is 0 Å². The Morgan fingerprint density at radius 2 is 2.00 bits per heavy atom. The van der Waals surface area contributed by atoms with Crippen LogP contribution in [0.15, 0.2) is 36.7 Å². The van der Waals surface area contributed by atoms with Gasteiger partial charge in [0.25, 0.3) is 0 Å². The van der Waals surface area contributed by atoms with Gasteiger partial charge in [0.05, 0.1) is 12.0 Å². The summed E-state index contributed by atoms with van der Waals surface area (Å²) in [6, 6.07) is 12.5. The first-order valence-electron chi connectivity index (χ1n) is 11.6. The predicted molar refractivity (Wildman–Crippen MR) is 129 cm³/mol. The summed E-state index contributed by atoms with van der Waals surface area (Å²) < 4.78 is 0. The first-order chi connectivity index (χ1) is 15.3. The SMILES string of the molecule is CC1C(C(C)(C)C)CCN1c1cc(Nc2ccccc2C=N)ncn1.N#CC1CC12CC2. The van der Waals surface area contributed by atoms with E-state index in [1.54, 1.807) is 6.33 Å². The summed E-state index contributed by atoms with van der Waals surface area (Å²) in [7, 11) is 0. The first-order valence-corrected chi connectivity index (χ1v) is 11.6. The molecule has 1 aliphatic heterocycles. The maximum absolute atomic E-state index is 8.33. The highest BCUT2D eigenvalue weighted by molar-refractivity contribution is 5.87. The first kappa shape index (κ1) is 22.3. The van der Waals surface area contributed by atoms with Crippen LogP contribution in [0.1, 0.15) is 58.9 Å². The van der Waals surface area contributed by atoms with Crippen LogP contribution in [0, 0.1) is 39.4 Å². The lowest BCUT2D eigenvalue weighted by Gasteiger charge is -2.33. The average molecular weight is 431 g/mol. The molecule has 32 heavy (non-hydrogen) atoms. The van der Waals surface area contributed by atoms with Gasteiger partial charge < -0.3 is 15.6 Å². The van der Waals surface area contributed by atoms with E-state index in [1.165, 1.54) is 31.9 Å². The molecule has 0 radical (unpaired) electrons. The van der Waals surface area contributed by atoms with E-state index >= 15 is 0 Å². The standard InChI is InChI=1S/C20H27N5.C6H7N/c1-14-16(20(2,3)4)9-10-25(14)19-11-18(22-13-23-19)24-17-8-6-5-7-15(17)12-21;7-4-5-3-6(5)1-2-6/h5-8,11-14,16,21H,9-10H2,1-4H3,(H,22,23,24);5H,1-3H2. The molecule has 2 N–H and O–H groups in total. The van der Waals surface area contributed by atoms with Gasteiger partial charge in [-0.05, 0) is 55.4 Å². The number of hydrogen-bond donors (Lipinski definition) is 2. The Kier molecular flexibility index (Phi) is 5.94. The number of nitriles is 1. The molecule has 3 atom stereocenters. The van der Waals surface area contributed by atoms with Gasteiger partial charge >= 0.3 is 0 Å². The number of nitrogens with one attached hydrogen (secondary N) is 2. The molecule has 2 aromatic rings. The van der Waals surface area contributed by atoms with Gasteiger partial charge in [-0.25, -0.2) is 9.97 Å². The summed E-state index contributed by atoms with van der Waals surface area (Å²) in [5.74, 6) is 2.83. The summed E-state index contributed by atoms with van der Waals surface area (Å²) in [5, 5.41) is 19.2. The molecular formula is C26H34N6. The molecule has 0 bridgehead atoms. The van der Waals surface area contributed by atoms with Gasteiger partial charge in [0.15, 0.2) is 0 Å². The molecule has 1 saturated heterocycles. The molecule has 6 heteroatoms. The van der Waals surface area contributed by atoms with Gasteiger partial charge in [0.1, 0.15) is 18.0 Å². The fraction of sp³-hybridized carbons (Fsp3) is 0.538. The minimum absolute atomic E-state index is 0.297. The summed E-state index contributed by atoms with van der Waals surface area (Å²) >= 11 is 0. The van der Waals surface area contributed by atoms with Crippen molar-refractivity contribution in [3.05, 3.63) is 42.2 Å². The van der Waals surface area contributed by atoms with Crippen LogP contribution in [0.25, 0.3) is 0 Å². The van der Waals surface area contributed by atoms with Gasteiger partial charge in [0.2, 0.25) is 0 Å². The fourth-order valence-electron chi connectivity index (χ4n) is 5.11. The van der Waals surface area contributed by atoms with Crippen molar-refractivity contribution < 1.29 is 0 Å². The Morgan fingerprint density at radius 1 is 1.25 bits per heavy atom. The molecule has 1 aromatic heterocycles. The molecule has 1 spiro atoms. The summed E-state index contributed by atoms with van der Waals surface area (Å²) in [6.45, 7) is 10.3. The molecule has 3 fully saturated rings. The number of rotatable bonds is 4. The van der Waals surface area contributed by atoms with E-state index in [4.69, 9.17) is 10.7 Å². The lowest BCUT2D eigenvalue weighted by molar-refractivity contribution is 0.230. The van der Waals surface area contributed by atoms with Crippen LogP contribution in [0.2, 0.25) is 0 Å². The Hall–Kier alpha value is -2.94. The minimum atomic E-state index is 0.297. The molecule has 2 heterocycles. The van der Waals surface area contributed by atoms with E-state index < -0.39 is 0 Å². The minimum Gasteiger partial charge on any atom is -0.353 e. The quantitative estimate of drug-likeness (QED) is 0.599. The molecule has 3 unspecified atom stereocenters. The van der Waals surface area contributed by atoms with Crippen molar-refractivity contribution >= 4 is 23.5 Å². The highest BCUT2D eigenvalue weighted by atomic mass is 15.2. The molecular weight excluding hydrogens is 396 g/mol. The van der Waals surface area contributed by atoms with E-state index in [-0.39, 0.29) is 0 Å². The number of hydrogen-bond acceptors (Lipinski definition) is 6. The predicted octanol–water partition coefficient (Wildman–Crippen LogP) is 5.79. The average Bonchev–Trinajstić information content (AvgIpc) is 3.67. The Morgan fingerprint density at radius 3 is 2.56 bits per heavy atom. The van der Waals surface area contributed by atoms with Crippen LogP contribution in [0.4, 0.5) is 17.3 Å². The summed E-state index contributed by atoms with van der Waals surface area (Å²) in [4.78, 5) is 11.2. The molecule has 1 aromatic carbocycles. The van der Waals surface area contributed by atoms with E-state index in [0.717, 1.165) is 29.4 Å². The highest BCUT2D eigenvalue weighted by Crippen LogP contribution is 2.70. The number of para-hydroxylation sites is 1. The summed E-state index contributed by atoms with van der Waals surface area (Å²) in [6.07, 6.45) is 8.04. The maximum atomic E-state index is 8.33. The zero-order valence-electron chi connectivity index (χ0n) is 19.6. The third kappa shape index (κ3) is 4.62. The van der Waals surface area contributed by atoms with Crippen LogP contribution in [-0.2, 0) is 0 Å². The van der Waals surface area contributed by atoms with Crippen molar-refractivity contribution in [2.45, 2.75) is 59.4 Å². The van der Waals surface area contributed by atoms with Crippen molar-refractivity contribution in [1.82, 2.24) is 9.97 Å². The van der Waals surface area contributed by atoms with Gasteiger partial charge in [-0.3, -0.25) is 0 Å². The molecule has 2 aliphatic carbocycles. The smallest absolute Gasteiger partial charge is 0.135 e. The zero-order chi connectivity index (χ0) is 22.9. The van der Waals surface area contributed by atoms with Crippen molar-refractivity contribution in [1.29, 1.82) is 10.7 Å². The maximum Gasteiger partial charge on any atom is 0.135 e.